The number of carboxylic acids is 1. The van der Waals surface area contributed by atoms with Crippen LogP contribution >= 0.6 is 23.2 Å². The number of amides is 1. The van der Waals surface area contributed by atoms with E-state index >= 15 is 0 Å². The molecule has 0 saturated carbocycles. The van der Waals surface area contributed by atoms with Gasteiger partial charge in [0, 0.05) is 31.1 Å². The fourth-order valence-corrected chi connectivity index (χ4v) is 5.78. The number of halogens is 2. The van der Waals surface area contributed by atoms with Crippen molar-refractivity contribution in [3.63, 3.8) is 0 Å². The highest BCUT2D eigenvalue weighted by atomic mass is 35.5. The van der Waals surface area contributed by atoms with Gasteiger partial charge in [0.25, 0.3) is 5.91 Å². The van der Waals surface area contributed by atoms with E-state index in [9.17, 15) is 14.7 Å². The Morgan fingerprint density at radius 1 is 0.895 bits per heavy atom. The Bertz CT molecular complexity index is 1260. The average molecular weight is 554 g/mol. The highest BCUT2D eigenvalue weighted by Gasteiger charge is 2.39. The second-order valence-electron chi connectivity index (χ2n) is 10.1. The Kier molecular flexibility index (Phi) is 9.48. The molecule has 1 aliphatic heterocycles. The van der Waals surface area contributed by atoms with E-state index in [1.165, 1.54) is 0 Å². The normalized spacial score (nSPS) is 15.2. The largest absolute Gasteiger partial charge is 0.481 e. The first-order chi connectivity index (χ1) is 18.3. The van der Waals surface area contributed by atoms with E-state index in [0.29, 0.717) is 36.0 Å². The number of unbranched alkanes of at least 4 members (excludes halogenated alkanes) is 1. The number of benzene rings is 3. The summed E-state index contributed by atoms with van der Waals surface area (Å²) in [6, 6.07) is 23.5. The van der Waals surface area contributed by atoms with E-state index in [4.69, 9.17) is 23.2 Å². The number of carboxylic acid groups (broad SMARTS) is 1. The highest BCUT2D eigenvalue weighted by Crippen LogP contribution is 2.39. The summed E-state index contributed by atoms with van der Waals surface area (Å²) in [5, 5.41) is 14.5. The summed E-state index contributed by atoms with van der Waals surface area (Å²) in [5.41, 5.74) is 3.56. The van der Waals surface area contributed by atoms with Crippen LogP contribution in [0.25, 0.3) is 0 Å². The predicted molar refractivity (Wildman–Crippen MR) is 153 cm³/mol. The number of piperidine rings is 1. The minimum absolute atomic E-state index is 0.0319. The average Bonchev–Trinajstić information content (AvgIpc) is 2.93. The molecule has 200 valence electrons. The number of aliphatic carboxylic acids is 1. The highest BCUT2D eigenvalue weighted by molar-refractivity contribution is 6.42. The zero-order valence-electron chi connectivity index (χ0n) is 21.7. The van der Waals surface area contributed by atoms with Crippen LogP contribution in [-0.2, 0) is 23.1 Å². The Labute approximate surface area is 234 Å². The van der Waals surface area contributed by atoms with Gasteiger partial charge in [-0.05, 0) is 73.4 Å². The fraction of sp³-hybridized carbons (Fsp3) is 0.355. The zero-order valence-corrected chi connectivity index (χ0v) is 23.2. The van der Waals surface area contributed by atoms with Crippen molar-refractivity contribution >= 4 is 35.1 Å². The van der Waals surface area contributed by atoms with Crippen molar-refractivity contribution in [2.45, 2.75) is 50.4 Å². The van der Waals surface area contributed by atoms with Crippen molar-refractivity contribution in [3.05, 3.63) is 105 Å². The molecule has 0 atom stereocenters. The van der Waals surface area contributed by atoms with Crippen molar-refractivity contribution in [1.29, 1.82) is 0 Å². The minimum Gasteiger partial charge on any atom is -0.481 e. The van der Waals surface area contributed by atoms with Gasteiger partial charge in [-0.15, -0.1) is 0 Å². The summed E-state index contributed by atoms with van der Waals surface area (Å²) in [5.74, 6) is -0.824. The van der Waals surface area contributed by atoms with Crippen LogP contribution in [0.5, 0.6) is 0 Å². The number of aryl methyl sites for hydroxylation is 2. The zero-order chi connectivity index (χ0) is 27.1. The van der Waals surface area contributed by atoms with Crippen LogP contribution in [0.4, 0.5) is 0 Å². The molecule has 1 N–H and O–H groups in total. The number of hydrazine groups is 1. The second-order valence-corrected chi connectivity index (χ2v) is 10.9. The van der Waals surface area contributed by atoms with Crippen LogP contribution in [0.15, 0.2) is 72.8 Å². The molecule has 1 amide bonds. The number of carbonyl (C=O) groups excluding carboxylic acids is 1. The molecule has 38 heavy (non-hydrogen) atoms. The maximum absolute atomic E-state index is 13.6. The van der Waals surface area contributed by atoms with Gasteiger partial charge in [0.2, 0.25) is 0 Å². The van der Waals surface area contributed by atoms with Crippen LogP contribution in [0.2, 0.25) is 10.0 Å². The first-order valence-electron chi connectivity index (χ1n) is 13.1. The molecule has 1 aliphatic rings. The quantitative estimate of drug-likeness (QED) is 0.273. The lowest BCUT2D eigenvalue weighted by Gasteiger charge is -2.44. The number of hydrogen-bond acceptors (Lipinski definition) is 3. The molecular formula is C31H34Cl2N2O3. The van der Waals surface area contributed by atoms with E-state index in [-0.39, 0.29) is 12.3 Å². The van der Waals surface area contributed by atoms with Crippen molar-refractivity contribution in [2.24, 2.45) is 0 Å². The summed E-state index contributed by atoms with van der Waals surface area (Å²) in [6.45, 7) is 1.24. The van der Waals surface area contributed by atoms with Gasteiger partial charge in [-0.25, -0.2) is 5.01 Å². The summed E-state index contributed by atoms with van der Waals surface area (Å²) in [7, 11) is 1.82. The van der Waals surface area contributed by atoms with Gasteiger partial charge in [0.05, 0.1) is 16.5 Å². The van der Waals surface area contributed by atoms with Gasteiger partial charge in [0.15, 0.2) is 0 Å². The molecule has 7 heteroatoms. The molecule has 3 aromatic rings. The summed E-state index contributed by atoms with van der Waals surface area (Å²) < 4.78 is 0. The fourth-order valence-electron chi connectivity index (χ4n) is 5.46. The Balaban J connectivity index is 1.37. The monoisotopic (exact) mass is 552 g/mol. The molecular weight excluding hydrogens is 519 g/mol. The van der Waals surface area contributed by atoms with Gasteiger partial charge < -0.3 is 5.11 Å². The molecule has 1 fully saturated rings. The first-order valence-corrected chi connectivity index (χ1v) is 13.9. The summed E-state index contributed by atoms with van der Waals surface area (Å²) >= 11 is 12.2. The van der Waals surface area contributed by atoms with Crippen LogP contribution < -0.4 is 0 Å². The lowest BCUT2D eigenvalue weighted by atomic mass is 9.70. The third-order valence-electron chi connectivity index (χ3n) is 7.68. The SMILES string of the molecule is CN(C(=O)c1ccccc1CCCCc1ccc(Cl)c(Cl)c1)N1CCC(CC(=O)O)(c2ccccc2)CC1. The molecule has 4 rings (SSSR count). The standard InChI is InChI=1S/C31H34Cl2N2O3/c1-34(35-19-17-31(18-20-35,22-29(36)37)25-12-3-2-4-13-25)30(38)26-14-8-7-11-24(26)10-6-5-9-23-15-16-27(32)28(33)21-23/h2-4,7-8,11-16,21H,5-6,9-10,17-20,22H2,1H3,(H,36,37). The molecule has 0 radical (unpaired) electrons. The third-order valence-corrected chi connectivity index (χ3v) is 8.42. The lowest BCUT2D eigenvalue weighted by molar-refractivity contribution is -0.139. The maximum atomic E-state index is 13.6. The van der Waals surface area contributed by atoms with Crippen molar-refractivity contribution in [3.8, 4) is 0 Å². The minimum atomic E-state index is -0.792. The molecule has 5 nitrogen and oxygen atoms in total. The lowest BCUT2D eigenvalue weighted by Crippen LogP contribution is -2.52. The Hall–Kier alpha value is -2.86. The van der Waals surface area contributed by atoms with Gasteiger partial charge in [-0.2, -0.15) is 0 Å². The van der Waals surface area contributed by atoms with Crippen molar-refractivity contribution in [2.75, 3.05) is 20.1 Å². The third kappa shape index (κ3) is 6.76. The van der Waals surface area contributed by atoms with Crippen LogP contribution in [-0.4, -0.2) is 47.1 Å². The summed E-state index contributed by atoms with van der Waals surface area (Å²) in [6.07, 6.45) is 5.09. The van der Waals surface area contributed by atoms with Gasteiger partial charge in [-0.1, -0.05) is 77.8 Å². The van der Waals surface area contributed by atoms with Gasteiger partial charge in [0.1, 0.15) is 0 Å². The molecule has 0 aliphatic carbocycles. The molecule has 0 spiro atoms. The van der Waals surface area contributed by atoms with Gasteiger partial charge in [-0.3, -0.25) is 14.6 Å². The number of nitrogens with zero attached hydrogens (tertiary/aromatic N) is 2. The van der Waals surface area contributed by atoms with Crippen molar-refractivity contribution < 1.29 is 14.7 Å². The number of hydrogen-bond donors (Lipinski definition) is 1. The summed E-state index contributed by atoms with van der Waals surface area (Å²) in [4.78, 5) is 25.3. The maximum Gasteiger partial charge on any atom is 0.304 e. The molecule has 0 unspecified atom stereocenters. The van der Waals surface area contributed by atoms with E-state index in [0.717, 1.165) is 47.9 Å². The second kappa shape index (κ2) is 12.8. The first kappa shape index (κ1) is 28.2. The smallest absolute Gasteiger partial charge is 0.304 e. The van der Waals surface area contributed by atoms with Crippen molar-refractivity contribution in [1.82, 2.24) is 10.0 Å². The number of carbonyl (C=O) groups is 2. The van der Waals surface area contributed by atoms with E-state index in [1.807, 2.05) is 84.9 Å². The topological polar surface area (TPSA) is 60.9 Å². The van der Waals surface area contributed by atoms with E-state index in [2.05, 4.69) is 0 Å². The van der Waals surface area contributed by atoms with Crippen LogP contribution in [0, 0.1) is 0 Å². The van der Waals surface area contributed by atoms with E-state index < -0.39 is 11.4 Å². The molecule has 1 saturated heterocycles. The van der Waals surface area contributed by atoms with Crippen LogP contribution in [0.3, 0.4) is 0 Å². The molecule has 0 bridgehead atoms. The molecule has 3 aromatic carbocycles. The van der Waals surface area contributed by atoms with Crippen LogP contribution in [0.1, 0.15) is 59.2 Å². The molecule has 1 heterocycles. The van der Waals surface area contributed by atoms with Gasteiger partial charge >= 0.3 is 5.97 Å². The van der Waals surface area contributed by atoms with E-state index in [1.54, 1.807) is 5.01 Å². The predicted octanol–water partition coefficient (Wildman–Crippen LogP) is 7.05. The Morgan fingerprint density at radius 2 is 1.55 bits per heavy atom. The number of rotatable bonds is 10. The Morgan fingerprint density at radius 3 is 2.24 bits per heavy atom. The molecule has 0 aromatic heterocycles.